The van der Waals surface area contributed by atoms with Gasteiger partial charge in [-0.05, 0) is 75.8 Å². The second kappa shape index (κ2) is 10.9. The van der Waals surface area contributed by atoms with Gasteiger partial charge in [0.05, 0.1) is 24.7 Å². The van der Waals surface area contributed by atoms with Crippen LogP contribution in [0.15, 0.2) is 24.5 Å². The molecule has 0 aliphatic heterocycles. The third kappa shape index (κ3) is 6.40. The van der Waals surface area contributed by atoms with Crippen molar-refractivity contribution in [3.8, 4) is 11.1 Å². The first-order valence-electron chi connectivity index (χ1n) is 11.8. The van der Waals surface area contributed by atoms with Crippen molar-refractivity contribution in [2.45, 2.75) is 64.0 Å². The fraction of sp³-hybridized carbons (Fsp3) is 0.600. The molecule has 174 valence electrons. The molecule has 2 aliphatic carbocycles. The molecule has 0 aromatic carbocycles. The minimum Gasteiger partial charge on any atom is -0.384 e. The highest BCUT2D eigenvalue weighted by molar-refractivity contribution is 6.32. The van der Waals surface area contributed by atoms with Gasteiger partial charge in [-0.2, -0.15) is 0 Å². The summed E-state index contributed by atoms with van der Waals surface area (Å²) in [6.07, 6.45) is 11.0. The van der Waals surface area contributed by atoms with Crippen LogP contribution >= 0.6 is 11.6 Å². The Morgan fingerprint density at radius 3 is 2.53 bits per heavy atom. The van der Waals surface area contributed by atoms with Gasteiger partial charge >= 0.3 is 0 Å². The molecule has 2 aromatic heterocycles. The van der Waals surface area contributed by atoms with Crippen molar-refractivity contribution in [2.24, 2.45) is 11.8 Å². The number of hydrogen-bond acceptors (Lipinski definition) is 5. The largest absolute Gasteiger partial charge is 0.384 e. The SMILES string of the molecule is COC[C@@H](C)NC1CCC(Cc2cc(-c3cc(NCC4CC4)cnc3Cl)c(F)cn2)CC1. The molecule has 2 saturated carbocycles. The summed E-state index contributed by atoms with van der Waals surface area (Å²) in [7, 11) is 1.74. The van der Waals surface area contributed by atoms with Gasteiger partial charge in [0.25, 0.3) is 0 Å². The highest BCUT2D eigenvalue weighted by Gasteiger charge is 2.24. The van der Waals surface area contributed by atoms with Crippen LogP contribution in [0.2, 0.25) is 5.15 Å². The lowest BCUT2D eigenvalue weighted by atomic mass is 9.83. The Bertz CT molecular complexity index is 900. The Hall–Kier alpha value is -1.76. The molecule has 0 amide bonds. The number of anilines is 1. The number of methoxy groups -OCH3 is 1. The molecular formula is C25H34ClFN4O. The van der Waals surface area contributed by atoms with Crippen LogP contribution in [0, 0.1) is 17.7 Å². The topological polar surface area (TPSA) is 59.1 Å². The van der Waals surface area contributed by atoms with E-state index in [0.717, 1.165) is 62.6 Å². The van der Waals surface area contributed by atoms with Crippen LogP contribution in [0.5, 0.6) is 0 Å². The van der Waals surface area contributed by atoms with Gasteiger partial charge in [0.15, 0.2) is 0 Å². The summed E-state index contributed by atoms with van der Waals surface area (Å²) in [4.78, 5) is 8.67. The van der Waals surface area contributed by atoms with Gasteiger partial charge in [0.1, 0.15) is 11.0 Å². The van der Waals surface area contributed by atoms with Crippen LogP contribution in [0.25, 0.3) is 11.1 Å². The summed E-state index contributed by atoms with van der Waals surface area (Å²) in [6.45, 7) is 3.82. The third-order valence-corrected chi connectivity index (χ3v) is 6.92. The Morgan fingerprint density at radius 2 is 1.81 bits per heavy atom. The first-order valence-corrected chi connectivity index (χ1v) is 12.2. The molecule has 2 fully saturated rings. The van der Waals surface area contributed by atoms with E-state index in [4.69, 9.17) is 16.3 Å². The van der Waals surface area contributed by atoms with E-state index in [1.165, 1.54) is 19.0 Å². The van der Waals surface area contributed by atoms with Crippen LogP contribution < -0.4 is 10.6 Å². The molecular weight excluding hydrogens is 427 g/mol. The van der Waals surface area contributed by atoms with E-state index in [9.17, 15) is 4.39 Å². The van der Waals surface area contributed by atoms with E-state index >= 15 is 0 Å². The Kier molecular flexibility index (Phi) is 7.98. The van der Waals surface area contributed by atoms with Crippen LogP contribution in [0.4, 0.5) is 10.1 Å². The van der Waals surface area contributed by atoms with Gasteiger partial charge in [0.2, 0.25) is 0 Å². The zero-order valence-electron chi connectivity index (χ0n) is 19.0. The van der Waals surface area contributed by atoms with Crippen LogP contribution in [0.3, 0.4) is 0 Å². The van der Waals surface area contributed by atoms with Gasteiger partial charge in [-0.3, -0.25) is 4.98 Å². The average Bonchev–Trinajstić information content (AvgIpc) is 3.61. The number of nitrogens with zero attached hydrogens (tertiary/aromatic N) is 2. The summed E-state index contributed by atoms with van der Waals surface area (Å²) < 4.78 is 19.9. The van der Waals surface area contributed by atoms with Gasteiger partial charge < -0.3 is 15.4 Å². The number of aromatic nitrogens is 2. The van der Waals surface area contributed by atoms with Crippen molar-refractivity contribution in [2.75, 3.05) is 25.6 Å². The van der Waals surface area contributed by atoms with Crippen molar-refractivity contribution in [1.82, 2.24) is 15.3 Å². The summed E-state index contributed by atoms with van der Waals surface area (Å²) >= 11 is 6.36. The lowest BCUT2D eigenvalue weighted by molar-refractivity contribution is 0.158. The maximum Gasteiger partial charge on any atom is 0.149 e. The fourth-order valence-corrected chi connectivity index (χ4v) is 4.85. The maximum absolute atomic E-state index is 14.7. The number of nitrogens with one attached hydrogen (secondary N) is 2. The van der Waals surface area contributed by atoms with Crippen molar-refractivity contribution in [3.63, 3.8) is 0 Å². The number of hydrogen-bond donors (Lipinski definition) is 2. The fourth-order valence-electron chi connectivity index (χ4n) is 4.65. The molecule has 1 atom stereocenters. The molecule has 4 rings (SSSR count). The van der Waals surface area contributed by atoms with E-state index in [1.807, 2.05) is 12.1 Å². The Labute approximate surface area is 195 Å². The zero-order chi connectivity index (χ0) is 22.5. The maximum atomic E-state index is 14.7. The number of ether oxygens (including phenoxy) is 1. The smallest absolute Gasteiger partial charge is 0.149 e. The zero-order valence-corrected chi connectivity index (χ0v) is 19.8. The molecule has 5 nitrogen and oxygen atoms in total. The van der Waals surface area contributed by atoms with Crippen LogP contribution in [-0.4, -0.2) is 42.3 Å². The van der Waals surface area contributed by atoms with E-state index in [0.29, 0.717) is 34.3 Å². The average molecular weight is 461 g/mol. The number of rotatable bonds is 10. The Balaban J connectivity index is 1.39. The van der Waals surface area contributed by atoms with Gasteiger partial charge in [0, 0.05) is 42.6 Å². The van der Waals surface area contributed by atoms with E-state index in [1.54, 1.807) is 13.3 Å². The molecule has 0 bridgehead atoms. The lowest BCUT2D eigenvalue weighted by Gasteiger charge is -2.31. The predicted molar refractivity (Wildman–Crippen MR) is 128 cm³/mol. The summed E-state index contributed by atoms with van der Waals surface area (Å²) in [5, 5.41) is 7.37. The molecule has 7 heteroatoms. The van der Waals surface area contributed by atoms with Crippen LogP contribution in [-0.2, 0) is 11.2 Å². The van der Waals surface area contributed by atoms with Gasteiger partial charge in [-0.1, -0.05) is 11.6 Å². The molecule has 0 spiro atoms. The molecule has 0 radical (unpaired) electrons. The first kappa shape index (κ1) is 23.4. The third-order valence-electron chi connectivity index (χ3n) is 6.61. The lowest BCUT2D eigenvalue weighted by Crippen LogP contribution is -2.41. The molecule has 32 heavy (non-hydrogen) atoms. The van der Waals surface area contributed by atoms with Crippen LogP contribution in [0.1, 0.15) is 51.1 Å². The molecule has 2 aliphatic rings. The minimum atomic E-state index is -0.364. The second-order valence-corrected chi connectivity index (χ2v) is 9.84. The van der Waals surface area contributed by atoms with Crippen molar-refractivity contribution < 1.29 is 9.13 Å². The summed E-state index contributed by atoms with van der Waals surface area (Å²) in [6, 6.07) is 4.67. The summed E-state index contributed by atoms with van der Waals surface area (Å²) in [5.74, 6) is 0.945. The van der Waals surface area contributed by atoms with Crippen molar-refractivity contribution in [3.05, 3.63) is 41.2 Å². The second-order valence-electron chi connectivity index (χ2n) is 9.49. The van der Waals surface area contributed by atoms with E-state index in [2.05, 4.69) is 27.5 Å². The highest BCUT2D eigenvalue weighted by Crippen LogP contribution is 2.34. The Morgan fingerprint density at radius 1 is 1.06 bits per heavy atom. The predicted octanol–water partition coefficient (Wildman–Crippen LogP) is 5.48. The monoisotopic (exact) mass is 460 g/mol. The molecule has 2 N–H and O–H groups in total. The van der Waals surface area contributed by atoms with Gasteiger partial charge in [-0.25, -0.2) is 9.37 Å². The van der Waals surface area contributed by atoms with E-state index < -0.39 is 0 Å². The van der Waals surface area contributed by atoms with Crippen molar-refractivity contribution in [1.29, 1.82) is 0 Å². The quantitative estimate of drug-likeness (QED) is 0.459. The van der Waals surface area contributed by atoms with E-state index in [-0.39, 0.29) is 5.82 Å². The molecule has 0 unspecified atom stereocenters. The first-order chi connectivity index (χ1) is 15.5. The standard InChI is InChI=1S/C25H34ClFN4O/c1-16(15-32-2)31-19-7-5-17(6-8-19)9-20-10-22(24(27)14-29-20)23-11-21(13-30-25(23)26)28-12-18-3-4-18/h10-11,13-14,16-19,28,31H,3-9,12,15H2,1-2H3/t16-,17?,19?/m1/s1. The highest BCUT2D eigenvalue weighted by atomic mass is 35.5. The molecule has 2 heterocycles. The molecule has 2 aromatic rings. The number of halogens is 2. The molecule has 0 saturated heterocycles. The van der Waals surface area contributed by atoms with Gasteiger partial charge in [-0.15, -0.1) is 0 Å². The number of pyridine rings is 2. The normalized spacial score (nSPS) is 22.0. The minimum absolute atomic E-state index is 0.315. The van der Waals surface area contributed by atoms with Crippen molar-refractivity contribution >= 4 is 17.3 Å². The summed E-state index contributed by atoms with van der Waals surface area (Å²) in [5.41, 5.74) is 2.89.